The molecule has 0 aliphatic heterocycles. The molecule has 0 unspecified atom stereocenters. The molecule has 1 heterocycles. The molecule has 0 fully saturated rings. The van der Waals surface area contributed by atoms with E-state index in [1.807, 2.05) is 0 Å². The fraction of sp³-hybridized carbons (Fsp3) is 0.0667. The number of nitro groups is 1. The lowest BCUT2D eigenvalue weighted by Gasteiger charge is -2.09. The van der Waals surface area contributed by atoms with Gasteiger partial charge in [0, 0.05) is 23.9 Å². The molecule has 1 aromatic carbocycles. The second kappa shape index (κ2) is 7.77. The third-order valence-electron chi connectivity index (χ3n) is 2.99. The lowest BCUT2D eigenvalue weighted by atomic mass is 10.1. The molecule has 0 saturated carbocycles. The number of hydrogen-bond acceptors (Lipinski definition) is 5. The van der Waals surface area contributed by atoms with Gasteiger partial charge in [-0.2, -0.15) is 0 Å². The Balaban J connectivity index is 2.28. The fourth-order valence-electron chi connectivity index (χ4n) is 1.89. The zero-order valence-corrected chi connectivity index (χ0v) is 14.8. The highest BCUT2D eigenvalue weighted by atomic mass is 35.5. The molecule has 0 amide bonds. The van der Waals surface area contributed by atoms with Crippen LogP contribution in [0.3, 0.4) is 0 Å². The Bertz CT molecular complexity index is 903. The highest BCUT2D eigenvalue weighted by Gasteiger charge is 2.17. The molecule has 2 aromatic rings. The largest absolute Gasteiger partial charge is 0.356 e. The first-order valence-electron chi connectivity index (χ1n) is 6.64. The van der Waals surface area contributed by atoms with Gasteiger partial charge >= 0.3 is 0 Å². The maximum atomic E-state index is 13.9. The Kier molecular flexibility index (Phi) is 5.94. The molecule has 6 nitrogen and oxygen atoms in total. The predicted molar refractivity (Wildman–Crippen MR) is 94.0 cm³/mol. The molecule has 25 heavy (non-hydrogen) atoms. The number of anilines is 1. The van der Waals surface area contributed by atoms with Crippen molar-refractivity contribution in [3.05, 3.63) is 72.9 Å². The normalized spacial score (nSPS) is 11.3. The van der Waals surface area contributed by atoms with E-state index in [0.29, 0.717) is 0 Å². The lowest BCUT2D eigenvalue weighted by molar-refractivity contribution is -0.384. The van der Waals surface area contributed by atoms with Crippen molar-refractivity contribution in [2.24, 2.45) is 0 Å². The minimum absolute atomic E-state index is 0.0742. The maximum Gasteiger partial charge on any atom is 0.290 e. The quantitative estimate of drug-likeness (QED) is 0.241. The summed E-state index contributed by atoms with van der Waals surface area (Å²) in [5.74, 6) is -1.30. The molecular weight excluding hydrogens is 396 g/mol. The Labute approximate surface area is 156 Å². The van der Waals surface area contributed by atoms with Crippen molar-refractivity contribution < 1.29 is 14.1 Å². The van der Waals surface area contributed by atoms with Gasteiger partial charge in [-0.25, -0.2) is 9.37 Å². The number of allylic oxidation sites excluding steroid dienone is 2. The minimum atomic E-state index is -0.804. The molecule has 0 radical (unpaired) electrons. The molecule has 0 atom stereocenters. The van der Waals surface area contributed by atoms with Crippen LogP contribution >= 0.6 is 34.8 Å². The summed E-state index contributed by atoms with van der Waals surface area (Å²) >= 11 is 17.1. The second-order valence-electron chi connectivity index (χ2n) is 4.83. The summed E-state index contributed by atoms with van der Waals surface area (Å²) < 4.78 is 13.9. The predicted octanol–water partition coefficient (Wildman–Crippen LogP) is 5.29. The van der Waals surface area contributed by atoms with Crippen LogP contribution in [0.1, 0.15) is 17.3 Å². The Morgan fingerprint density at radius 1 is 1.32 bits per heavy atom. The van der Waals surface area contributed by atoms with Crippen LogP contribution in [0.4, 0.5) is 15.8 Å². The van der Waals surface area contributed by atoms with Crippen molar-refractivity contribution in [2.45, 2.75) is 6.92 Å². The number of ketones is 1. The van der Waals surface area contributed by atoms with Gasteiger partial charge < -0.3 is 5.32 Å². The average Bonchev–Trinajstić information content (AvgIpc) is 2.49. The molecule has 0 aliphatic rings. The van der Waals surface area contributed by atoms with Crippen molar-refractivity contribution in [3.8, 4) is 0 Å². The van der Waals surface area contributed by atoms with Gasteiger partial charge in [-0.05, 0) is 19.1 Å². The van der Waals surface area contributed by atoms with Gasteiger partial charge in [0.05, 0.1) is 16.2 Å². The molecule has 0 bridgehead atoms. The Morgan fingerprint density at radius 3 is 2.60 bits per heavy atom. The number of benzene rings is 1. The van der Waals surface area contributed by atoms with Crippen molar-refractivity contribution in [1.29, 1.82) is 0 Å². The van der Waals surface area contributed by atoms with E-state index in [2.05, 4.69) is 10.3 Å². The van der Waals surface area contributed by atoms with Crippen LogP contribution in [0.25, 0.3) is 0 Å². The summed E-state index contributed by atoms with van der Waals surface area (Å²) in [6.07, 6.45) is 1.15. The molecular formula is C15H9Cl3FN3O3. The molecule has 2 rings (SSSR count). The van der Waals surface area contributed by atoms with E-state index in [1.165, 1.54) is 19.1 Å². The zero-order chi connectivity index (χ0) is 18.7. The van der Waals surface area contributed by atoms with Gasteiger partial charge in [0.15, 0.2) is 5.78 Å². The number of halogens is 4. The highest BCUT2D eigenvalue weighted by molar-refractivity contribution is 6.35. The van der Waals surface area contributed by atoms with Gasteiger partial charge in [0.2, 0.25) is 0 Å². The number of carbonyl (C=O) groups excluding carboxylic acids is 1. The van der Waals surface area contributed by atoms with Gasteiger partial charge in [-0.15, -0.1) is 0 Å². The molecule has 0 aliphatic carbocycles. The number of hydrogen-bond donors (Lipinski definition) is 1. The van der Waals surface area contributed by atoms with Crippen LogP contribution in [-0.2, 0) is 0 Å². The van der Waals surface area contributed by atoms with Gasteiger partial charge in [-0.3, -0.25) is 14.9 Å². The smallest absolute Gasteiger partial charge is 0.290 e. The summed E-state index contributed by atoms with van der Waals surface area (Å²) in [6, 6.07) is 4.56. The third kappa shape index (κ3) is 4.66. The van der Waals surface area contributed by atoms with Crippen LogP contribution in [-0.4, -0.2) is 15.7 Å². The summed E-state index contributed by atoms with van der Waals surface area (Å²) in [5.41, 5.74) is -0.325. The van der Waals surface area contributed by atoms with Crippen molar-refractivity contribution in [2.75, 3.05) is 5.32 Å². The number of nitrogens with zero attached hydrogens (tertiary/aromatic N) is 2. The van der Waals surface area contributed by atoms with Crippen LogP contribution < -0.4 is 5.32 Å². The third-order valence-corrected chi connectivity index (χ3v) is 3.79. The summed E-state index contributed by atoms with van der Waals surface area (Å²) in [7, 11) is 0. The van der Waals surface area contributed by atoms with Gasteiger partial charge in [-0.1, -0.05) is 34.8 Å². The standard InChI is InChI=1S/C15H9Cl3FN3O3/c1-7(4-13(23)8-2-3-14(17)21-15(8)18)20-11-6-12(22(24)25)9(16)5-10(11)19/h2-6,20H,1H3. The molecule has 0 spiro atoms. The molecule has 10 heteroatoms. The van der Waals surface area contributed by atoms with E-state index in [9.17, 15) is 19.3 Å². The number of pyridine rings is 1. The van der Waals surface area contributed by atoms with Crippen LogP contribution in [0, 0.1) is 15.9 Å². The summed E-state index contributed by atoms with van der Waals surface area (Å²) in [5, 5.41) is 13.2. The number of aromatic nitrogens is 1. The second-order valence-corrected chi connectivity index (χ2v) is 5.98. The molecule has 130 valence electrons. The fourth-order valence-corrected chi connectivity index (χ4v) is 2.55. The van der Waals surface area contributed by atoms with Crippen LogP contribution in [0.5, 0.6) is 0 Å². The minimum Gasteiger partial charge on any atom is -0.356 e. The number of nitrogens with one attached hydrogen (secondary N) is 1. The van der Waals surface area contributed by atoms with Gasteiger partial charge in [0.1, 0.15) is 21.1 Å². The van der Waals surface area contributed by atoms with E-state index in [4.69, 9.17) is 34.8 Å². The van der Waals surface area contributed by atoms with Crippen molar-refractivity contribution in [1.82, 2.24) is 4.98 Å². The maximum absolute atomic E-state index is 13.9. The first kappa shape index (κ1) is 19.1. The number of rotatable bonds is 5. The van der Waals surface area contributed by atoms with E-state index in [-0.39, 0.29) is 32.3 Å². The first-order chi connectivity index (χ1) is 11.7. The van der Waals surface area contributed by atoms with E-state index in [0.717, 1.165) is 18.2 Å². The Hall–Kier alpha value is -2.22. The molecule has 0 saturated heterocycles. The lowest BCUT2D eigenvalue weighted by Crippen LogP contribution is -2.04. The molecule has 1 N–H and O–H groups in total. The van der Waals surface area contributed by atoms with E-state index in [1.54, 1.807) is 0 Å². The SMILES string of the molecule is CC(=CC(=O)c1ccc(Cl)nc1Cl)Nc1cc([N+](=O)[O-])c(Cl)cc1F. The van der Waals surface area contributed by atoms with Crippen molar-refractivity contribution >= 4 is 52.0 Å². The Morgan fingerprint density at radius 2 is 2.00 bits per heavy atom. The van der Waals surface area contributed by atoms with E-state index < -0.39 is 22.2 Å². The first-order valence-corrected chi connectivity index (χ1v) is 7.77. The topological polar surface area (TPSA) is 85.1 Å². The summed E-state index contributed by atoms with van der Waals surface area (Å²) in [6.45, 7) is 1.48. The number of carbonyl (C=O) groups is 1. The number of nitro benzene ring substituents is 1. The van der Waals surface area contributed by atoms with Crippen molar-refractivity contribution in [3.63, 3.8) is 0 Å². The molecule has 1 aromatic heterocycles. The van der Waals surface area contributed by atoms with Gasteiger partial charge in [0.25, 0.3) is 5.69 Å². The monoisotopic (exact) mass is 403 g/mol. The van der Waals surface area contributed by atoms with E-state index >= 15 is 0 Å². The zero-order valence-electron chi connectivity index (χ0n) is 12.5. The van der Waals surface area contributed by atoms with Crippen LogP contribution in [0.2, 0.25) is 15.3 Å². The average molecular weight is 405 g/mol. The van der Waals surface area contributed by atoms with Crippen LogP contribution in [0.15, 0.2) is 36.0 Å². The highest BCUT2D eigenvalue weighted by Crippen LogP contribution is 2.30. The summed E-state index contributed by atoms with van der Waals surface area (Å²) in [4.78, 5) is 26.1.